The van der Waals surface area contributed by atoms with Gasteiger partial charge in [0.1, 0.15) is 11.3 Å². The summed E-state index contributed by atoms with van der Waals surface area (Å²) in [6.45, 7) is 3.73. The number of imidazole rings is 1. The van der Waals surface area contributed by atoms with Gasteiger partial charge in [-0.3, -0.25) is 4.98 Å². The van der Waals surface area contributed by atoms with Crippen molar-refractivity contribution in [2.45, 2.75) is 13.8 Å². The van der Waals surface area contributed by atoms with Gasteiger partial charge in [0.05, 0.1) is 5.52 Å². The number of fused-ring (bicyclic) bond motifs is 1. The zero-order valence-corrected chi connectivity index (χ0v) is 10.3. The fourth-order valence-corrected chi connectivity index (χ4v) is 2.09. The minimum atomic E-state index is 0.591. The summed E-state index contributed by atoms with van der Waals surface area (Å²) in [4.78, 5) is 8.45. The van der Waals surface area contributed by atoms with Crippen LogP contribution in [0.2, 0.25) is 0 Å². The lowest BCUT2D eigenvalue weighted by atomic mass is 10.1. The number of rotatable bonds is 1. The van der Waals surface area contributed by atoms with Crippen LogP contribution in [-0.4, -0.2) is 19.9 Å². The van der Waals surface area contributed by atoms with Crippen LogP contribution in [0.15, 0.2) is 36.5 Å². The average molecular weight is 239 g/mol. The SMILES string of the molecule is Cc1cc(-c2ccc3nc(C)n(O)c3c2)ccn1. The highest BCUT2D eigenvalue weighted by Gasteiger charge is 2.07. The molecule has 0 aliphatic heterocycles. The lowest BCUT2D eigenvalue weighted by Gasteiger charge is -2.03. The molecule has 0 saturated heterocycles. The molecule has 18 heavy (non-hydrogen) atoms. The first-order valence-corrected chi connectivity index (χ1v) is 5.76. The molecule has 0 aliphatic carbocycles. The van der Waals surface area contributed by atoms with E-state index in [4.69, 9.17) is 0 Å². The molecular formula is C14H13N3O. The largest absolute Gasteiger partial charge is 0.427 e. The van der Waals surface area contributed by atoms with Crippen LogP contribution < -0.4 is 0 Å². The highest BCUT2D eigenvalue weighted by molar-refractivity contribution is 5.82. The Morgan fingerprint density at radius 3 is 2.61 bits per heavy atom. The molecular weight excluding hydrogens is 226 g/mol. The van der Waals surface area contributed by atoms with Gasteiger partial charge in [0.25, 0.3) is 0 Å². The Morgan fingerprint density at radius 1 is 1.06 bits per heavy atom. The van der Waals surface area contributed by atoms with Gasteiger partial charge in [0.15, 0.2) is 0 Å². The van der Waals surface area contributed by atoms with Crippen LogP contribution in [0.5, 0.6) is 0 Å². The van der Waals surface area contributed by atoms with Crippen LogP contribution in [0, 0.1) is 13.8 Å². The molecule has 2 heterocycles. The third-order valence-corrected chi connectivity index (χ3v) is 3.02. The molecule has 0 bridgehead atoms. The van der Waals surface area contributed by atoms with Crippen molar-refractivity contribution in [1.29, 1.82) is 0 Å². The number of hydrogen-bond donors (Lipinski definition) is 1. The second-order valence-corrected chi connectivity index (χ2v) is 4.36. The van der Waals surface area contributed by atoms with Gasteiger partial charge in [-0.2, -0.15) is 4.73 Å². The molecule has 3 aromatic rings. The van der Waals surface area contributed by atoms with Gasteiger partial charge < -0.3 is 5.21 Å². The Hall–Kier alpha value is -2.36. The number of aromatic nitrogens is 3. The van der Waals surface area contributed by atoms with E-state index in [2.05, 4.69) is 9.97 Å². The van der Waals surface area contributed by atoms with Crippen molar-refractivity contribution in [1.82, 2.24) is 14.7 Å². The molecule has 3 rings (SSSR count). The molecule has 0 aliphatic rings. The Labute approximate surface area is 105 Å². The monoisotopic (exact) mass is 239 g/mol. The van der Waals surface area contributed by atoms with Crippen LogP contribution in [0.25, 0.3) is 22.2 Å². The van der Waals surface area contributed by atoms with Crippen LogP contribution in [0.4, 0.5) is 0 Å². The van der Waals surface area contributed by atoms with E-state index in [0.29, 0.717) is 5.82 Å². The van der Waals surface area contributed by atoms with E-state index < -0.39 is 0 Å². The van der Waals surface area contributed by atoms with Gasteiger partial charge >= 0.3 is 0 Å². The van der Waals surface area contributed by atoms with Crippen molar-refractivity contribution < 1.29 is 5.21 Å². The topological polar surface area (TPSA) is 50.9 Å². The first-order valence-electron chi connectivity index (χ1n) is 5.76. The van der Waals surface area contributed by atoms with Gasteiger partial charge in [-0.25, -0.2) is 4.98 Å². The minimum absolute atomic E-state index is 0.591. The maximum absolute atomic E-state index is 9.87. The zero-order valence-electron chi connectivity index (χ0n) is 10.3. The van der Waals surface area contributed by atoms with Crippen LogP contribution in [0.1, 0.15) is 11.5 Å². The smallest absolute Gasteiger partial charge is 0.142 e. The third-order valence-electron chi connectivity index (χ3n) is 3.02. The summed E-state index contributed by atoms with van der Waals surface area (Å²) >= 11 is 0. The van der Waals surface area contributed by atoms with Crippen LogP contribution >= 0.6 is 0 Å². The van der Waals surface area contributed by atoms with E-state index in [1.807, 2.05) is 37.3 Å². The zero-order chi connectivity index (χ0) is 12.7. The summed E-state index contributed by atoms with van der Waals surface area (Å²) in [6, 6.07) is 9.83. The summed E-state index contributed by atoms with van der Waals surface area (Å²) in [5, 5.41) is 9.87. The van der Waals surface area contributed by atoms with Crippen LogP contribution in [-0.2, 0) is 0 Å². The van der Waals surface area contributed by atoms with Crippen molar-refractivity contribution in [2.24, 2.45) is 0 Å². The molecule has 0 spiro atoms. The standard InChI is InChI=1S/C14H13N3O/c1-9-7-12(5-6-15-9)11-3-4-13-14(8-11)17(18)10(2)16-13/h3-8,18H,1-2H3. The van der Waals surface area contributed by atoms with Gasteiger partial charge in [0.2, 0.25) is 0 Å². The van der Waals surface area contributed by atoms with Crippen molar-refractivity contribution in [3.05, 3.63) is 48.0 Å². The second-order valence-electron chi connectivity index (χ2n) is 4.36. The highest BCUT2D eigenvalue weighted by atomic mass is 16.5. The van der Waals surface area contributed by atoms with E-state index in [1.165, 1.54) is 0 Å². The van der Waals surface area contributed by atoms with Gasteiger partial charge in [-0.05, 0) is 49.2 Å². The summed E-state index contributed by atoms with van der Waals surface area (Å²) in [5.74, 6) is 0.591. The molecule has 4 nitrogen and oxygen atoms in total. The number of hydrogen-bond acceptors (Lipinski definition) is 3. The third kappa shape index (κ3) is 1.62. The summed E-state index contributed by atoms with van der Waals surface area (Å²) in [5.41, 5.74) is 4.62. The Balaban J connectivity index is 2.21. The van der Waals surface area contributed by atoms with Crippen LogP contribution in [0.3, 0.4) is 0 Å². The molecule has 0 amide bonds. The van der Waals surface area contributed by atoms with Crippen molar-refractivity contribution >= 4 is 11.0 Å². The van der Waals surface area contributed by atoms with Crippen molar-refractivity contribution in [3.8, 4) is 11.1 Å². The number of benzene rings is 1. The number of pyridine rings is 1. The molecule has 0 saturated carbocycles. The molecule has 0 unspecified atom stereocenters. The molecule has 0 atom stereocenters. The first kappa shape index (κ1) is 10.8. The van der Waals surface area contributed by atoms with Gasteiger partial charge in [0, 0.05) is 11.9 Å². The fourth-order valence-electron chi connectivity index (χ4n) is 2.09. The maximum atomic E-state index is 9.87. The van der Waals surface area contributed by atoms with E-state index in [1.54, 1.807) is 13.1 Å². The fraction of sp³-hybridized carbons (Fsp3) is 0.143. The summed E-state index contributed by atoms with van der Waals surface area (Å²) in [7, 11) is 0. The van der Waals surface area contributed by atoms with Gasteiger partial charge in [-0.1, -0.05) is 6.07 Å². The Morgan fingerprint density at radius 2 is 1.83 bits per heavy atom. The second kappa shape index (κ2) is 3.84. The van der Waals surface area contributed by atoms with Crippen molar-refractivity contribution in [2.75, 3.05) is 0 Å². The quantitative estimate of drug-likeness (QED) is 0.664. The molecule has 0 radical (unpaired) electrons. The van der Waals surface area contributed by atoms with E-state index >= 15 is 0 Å². The molecule has 90 valence electrons. The van der Waals surface area contributed by atoms with E-state index in [9.17, 15) is 5.21 Å². The predicted molar refractivity (Wildman–Crippen MR) is 69.6 cm³/mol. The summed E-state index contributed by atoms with van der Waals surface area (Å²) < 4.78 is 1.12. The maximum Gasteiger partial charge on any atom is 0.142 e. The summed E-state index contributed by atoms with van der Waals surface area (Å²) in [6.07, 6.45) is 1.79. The highest BCUT2D eigenvalue weighted by Crippen LogP contribution is 2.24. The lowest BCUT2D eigenvalue weighted by Crippen LogP contribution is -1.92. The molecule has 2 aromatic heterocycles. The predicted octanol–water partition coefficient (Wildman–Crippen LogP) is 2.95. The minimum Gasteiger partial charge on any atom is -0.427 e. The molecule has 1 aromatic carbocycles. The van der Waals surface area contributed by atoms with E-state index in [-0.39, 0.29) is 0 Å². The van der Waals surface area contributed by atoms with Crippen molar-refractivity contribution in [3.63, 3.8) is 0 Å². The molecule has 1 N–H and O–H groups in total. The average Bonchev–Trinajstić information content (AvgIpc) is 2.65. The number of nitrogens with zero attached hydrogens (tertiary/aromatic N) is 3. The Bertz CT molecular complexity index is 731. The lowest BCUT2D eigenvalue weighted by molar-refractivity contribution is 0.191. The molecule has 4 heteroatoms. The normalized spacial score (nSPS) is 11.0. The number of aryl methyl sites for hydroxylation is 2. The molecule has 0 fully saturated rings. The van der Waals surface area contributed by atoms with Gasteiger partial charge in [-0.15, -0.1) is 0 Å². The first-order chi connectivity index (χ1) is 8.65. The Kier molecular flexibility index (Phi) is 2.30. The van der Waals surface area contributed by atoms with E-state index in [0.717, 1.165) is 32.6 Å².